The van der Waals surface area contributed by atoms with Crippen LogP contribution < -0.4 is 0 Å². The fourth-order valence-corrected chi connectivity index (χ4v) is 0.715. The molecule has 11 heavy (non-hydrogen) atoms. The van der Waals surface area contributed by atoms with Gasteiger partial charge in [-0.25, -0.2) is 0 Å². The molecule has 0 aromatic rings. The Morgan fingerprint density at radius 3 is 2.73 bits per heavy atom. The Morgan fingerprint density at radius 1 is 1.73 bits per heavy atom. The van der Waals surface area contributed by atoms with E-state index in [1.165, 1.54) is 7.11 Å². The van der Waals surface area contributed by atoms with Gasteiger partial charge in [-0.2, -0.15) is 0 Å². The van der Waals surface area contributed by atoms with E-state index in [9.17, 15) is 4.79 Å². The van der Waals surface area contributed by atoms with E-state index in [-0.39, 0.29) is 19.1 Å². The normalized spacial score (nSPS) is 12.9. The zero-order valence-electron chi connectivity index (χ0n) is 6.25. The van der Waals surface area contributed by atoms with E-state index in [4.69, 9.17) is 21.4 Å². The lowest BCUT2D eigenvalue weighted by Crippen LogP contribution is -2.20. The van der Waals surface area contributed by atoms with Gasteiger partial charge in [0.15, 0.2) is 0 Å². The van der Waals surface area contributed by atoms with Crippen LogP contribution in [0.25, 0.3) is 0 Å². The van der Waals surface area contributed by atoms with E-state index < -0.39 is 12.1 Å². The molecular formula is C6H11ClO4. The topological polar surface area (TPSA) is 55.8 Å². The Bertz CT molecular complexity index is 117. The van der Waals surface area contributed by atoms with Crippen LogP contribution in [-0.4, -0.2) is 37.0 Å². The molecule has 0 amide bonds. The molecule has 0 aromatic heterocycles. The minimum absolute atomic E-state index is 0.0741. The predicted octanol–water partition coefficient (Wildman–Crippen LogP) is 0.689. The Morgan fingerprint density at radius 2 is 2.36 bits per heavy atom. The van der Waals surface area contributed by atoms with Crippen molar-refractivity contribution < 1.29 is 19.4 Å². The molecule has 0 radical (unpaired) electrons. The van der Waals surface area contributed by atoms with Crippen LogP contribution in [0.5, 0.6) is 0 Å². The second kappa shape index (κ2) is 6.39. The Kier molecular flexibility index (Phi) is 6.21. The minimum atomic E-state index is -0.924. The van der Waals surface area contributed by atoms with Gasteiger partial charge in [-0.05, 0) is 0 Å². The molecule has 0 aliphatic heterocycles. The third-order valence-corrected chi connectivity index (χ3v) is 1.34. The number of carboxylic acids is 1. The molecule has 0 aromatic carbocycles. The molecule has 0 saturated carbocycles. The van der Waals surface area contributed by atoms with Crippen molar-refractivity contribution in [3.63, 3.8) is 0 Å². The molecule has 0 bridgehead atoms. The average Bonchev–Trinajstić information content (AvgIpc) is 1.97. The number of carbonyl (C=O) groups is 1. The molecule has 0 saturated heterocycles. The third kappa shape index (κ3) is 6.09. The van der Waals surface area contributed by atoms with Gasteiger partial charge >= 0.3 is 5.97 Å². The Labute approximate surface area is 70.1 Å². The summed E-state index contributed by atoms with van der Waals surface area (Å²) in [6, 6.07) is 0. The SMILES string of the molecule is COCOC(CCl)CC(=O)O. The monoisotopic (exact) mass is 182 g/mol. The molecule has 0 heterocycles. The molecule has 0 aliphatic rings. The van der Waals surface area contributed by atoms with Crippen LogP contribution in [0.2, 0.25) is 0 Å². The smallest absolute Gasteiger partial charge is 0.306 e. The molecular weight excluding hydrogens is 172 g/mol. The molecule has 0 rings (SSSR count). The molecule has 0 fully saturated rings. The Balaban J connectivity index is 3.49. The number of halogens is 1. The summed E-state index contributed by atoms with van der Waals surface area (Å²) in [6.07, 6.45) is -0.554. The van der Waals surface area contributed by atoms with Crippen LogP contribution in [0.15, 0.2) is 0 Å². The van der Waals surface area contributed by atoms with E-state index in [2.05, 4.69) is 4.74 Å². The molecule has 1 unspecified atom stereocenters. The highest BCUT2D eigenvalue weighted by Gasteiger charge is 2.11. The molecule has 4 nitrogen and oxygen atoms in total. The fraction of sp³-hybridized carbons (Fsp3) is 0.833. The number of hydrogen-bond donors (Lipinski definition) is 1. The number of rotatable bonds is 6. The standard InChI is InChI=1S/C6H11ClO4/c1-10-4-11-5(3-7)2-6(8)9/h5H,2-4H2,1H3,(H,8,9). The molecule has 1 atom stereocenters. The number of aliphatic carboxylic acids is 1. The van der Waals surface area contributed by atoms with Crippen LogP contribution in [0.1, 0.15) is 6.42 Å². The summed E-state index contributed by atoms with van der Waals surface area (Å²) in [7, 11) is 1.46. The van der Waals surface area contributed by atoms with E-state index in [0.29, 0.717) is 0 Å². The van der Waals surface area contributed by atoms with Crippen molar-refractivity contribution in [3.05, 3.63) is 0 Å². The summed E-state index contributed by atoms with van der Waals surface area (Å²) in [4.78, 5) is 10.2. The van der Waals surface area contributed by atoms with Crippen LogP contribution in [0.4, 0.5) is 0 Å². The van der Waals surface area contributed by atoms with E-state index in [0.717, 1.165) is 0 Å². The van der Waals surface area contributed by atoms with Crippen molar-refractivity contribution in [1.29, 1.82) is 0 Å². The van der Waals surface area contributed by atoms with Crippen molar-refractivity contribution in [2.24, 2.45) is 0 Å². The van der Waals surface area contributed by atoms with Gasteiger partial charge in [0.1, 0.15) is 6.79 Å². The first-order valence-corrected chi connectivity index (χ1v) is 3.62. The van der Waals surface area contributed by atoms with Gasteiger partial charge in [0.25, 0.3) is 0 Å². The van der Waals surface area contributed by atoms with E-state index in [1.54, 1.807) is 0 Å². The number of ether oxygens (including phenoxy) is 2. The van der Waals surface area contributed by atoms with Crippen LogP contribution in [0.3, 0.4) is 0 Å². The minimum Gasteiger partial charge on any atom is -0.481 e. The van der Waals surface area contributed by atoms with Crippen LogP contribution in [0, 0.1) is 0 Å². The predicted molar refractivity (Wildman–Crippen MR) is 39.7 cm³/mol. The summed E-state index contributed by atoms with van der Waals surface area (Å²) >= 11 is 5.40. The first kappa shape index (κ1) is 10.7. The summed E-state index contributed by atoms with van der Waals surface area (Å²) < 4.78 is 9.50. The highest BCUT2D eigenvalue weighted by molar-refractivity contribution is 6.18. The first-order chi connectivity index (χ1) is 5.20. The van der Waals surface area contributed by atoms with Crippen LogP contribution >= 0.6 is 11.6 Å². The van der Waals surface area contributed by atoms with Crippen molar-refractivity contribution in [2.45, 2.75) is 12.5 Å². The average molecular weight is 183 g/mol. The van der Waals surface area contributed by atoms with Gasteiger partial charge in [0, 0.05) is 13.0 Å². The maximum absolute atomic E-state index is 10.2. The van der Waals surface area contributed by atoms with Crippen LogP contribution in [-0.2, 0) is 14.3 Å². The van der Waals surface area contributed by atoms with Gasteiger partial charge in [0.05, 0.1) is 12.5 Å². The van der Waals surface area contributed by atoms with Gasteiger partial charge in [-0.1, -0.05) is 0 Å². The summed E-state index contributed by atoms with van der Waals surface area (Å²) in [5, 5.41) is 8.33. The highest BCUT2D eigenvalue weighted by Crippen LogP contribution is 2.00. The maximum Gasteiger partial charge on any atom is 0.306 e. The summed E-state index contributed by atoms with van der Waals surface area (Å²) in [5.41, 5.74) is 0. The zero-order chi connectivity index (χ0) is 8.69. The van der Waals surface area contributed by atoms with Gasteiger partial charge in [-0.15, -0.1) is 11.6 Å². The maximum atomic E-state index is 10.2. The summed E-state index contributed by atoms with van der Waals surface area (Å²) in [6.45, 7) is 0.0741. The molecule has 1 N–H and O–H groups in total. The van der Waals surface area contributed by atoms with Gasteiger partial charge in [0.2, 0.25) is 0 Å². The summed E-state index contributed by atoms with van der Waals surface area (Å²) in [5.74, 6) is -0.762. The quantitative estimate of drug-likeness (QED) is 0.485. The Hall–Kier alpha value is -0.320. The number of carboxylic acid groups (broad SMARTS) is 1. The number of methoxy groups -OCH3 is 1. The molecule has 66 valence electrons. The van der Waals surface area contributed by atoms with Crippen molar-refractivity contribution in [3.8, 4) is 0 Å². The van der Waals surface area contributed by atoms with E-state index >= 15 is 0 Å². The van der Waals surface area contributed by atoms with E-state index in [1.807, 2.05) is 0 Å². The molecule has 0 aliphatic carbocycles. The lowest BCUT2D eigenvalue weighted by molar-refractivity contribution is -0.142. The number of alkyl halides is 1. The van der Waals surface area contributed by atoms with Crippen molar-refractivity contribution in [1.82, 2.24) is 0 Å². The molecule has 0 spiro atoms. The third-order valence-electron chi connectivity index (χ3n) is 0.996. The second-order valence-electron chi connectivity index (χ2n) is 1.95. The highest BCUT2D eigenvalue weighted by atomic mass is 35.5. The second-order valence-corrected chi connectivity index (χ2v) is 2.26. The number of hydrogen-bond acceptors (Lipinski definition) is 3. The van der Waals surface area contributed by atoms with Crippen molar-refractivity contribution >= 4 is 17.6 Å². The first-order valence-electron chi connectivity index (χ1n) is 3.09. The van der Waals surface area contributed by atoms with Gasteiger partial charge in [-0.3, -0.25) is 4.79 Å². The molecule has 5 heteroatoms. The lowest BCUT2D eigenvalue weighted by Gasteiger charge is -2.11. The fourth-order valence-electron chi connectivity index (χ4n) is 0.517. The zero-order valence-corrected chi connectivity index (χ0v) is 7.00. The lowest BCUT2D eigenvalue weighted by atomic mass is 10.3. The van der Waals surface area contributed by atoms with Gasteiger partial charge < -0.3 is 14.6 Å². The largest absolute Gasteiger partial charge is 0.481 e. The van der Waals surface area contributed by atoms with Crippen molar-refractivity contribution in [2.75, 3.05) is 19.8 Å².